The maximum atomic E-state index is 15.0. The van der Waals surface area contributed by atoms with Crippen molar-refractivity contribution in [2.45, 2.75) is 180 Å². The highest BCUT2D eigenvalue weighted by Gasteiger charge is 2.42. The van der Waals surface area contributed by atoms with Crippen LogP contribution in [-0.2, 0) is 83.2 Å². The van der Waals surface area contributed by atoms with E-state index in [-0.39, 0.29) is 69.1 Å². The van der Waals surface area contributed by atoms with E-state index in [1.54, 1.807) is 177 Å². The highest BCUT2D eigenvalue weighted by Crippen LogP contribution is 2.15. The Bertz CT molecular complexity index is 3000. The number of benzene rings is 4. The molecule has 5 rings (SSSR count). The van der Waals surface area contributed by atoms with Gasteiger partial charge < -0.3 is 63.6 Å². The molecule has 1 aliphatic rings. The monoisotopic (exact) mass is 1270 g/mol. The molecule has 0 aliphatic carbocycles. The van der Waals surface area contributed by atoms with Crippen LogP contribution in [0.25, 0.3) is 0 Å². The van der Waals surface area contributed by atoms with Crippen LogP contribution in [0.5, 0.6) is 0 Å². The number of hydrogen-bond acceptors (Lipinski definition) is 16. The molecule has 92 heavy (non-hydrogen) atoms. The van der Waals surface area contributed by atoms with Gasteiger partial charge >= 0.3 is 0 Å². The molecule has 0 saturated carbocycles. The van der Waals surface area contributed by atoms with Gasteiger partial charge in [-0.2, -0.15) is 0 Å². The van der Waals surface area contributed by atoms with Crippen LogP contribution < -0.4 is 64.6 Å². The standard InChI is InChI=1S/C68H92N12O12/c1-39(2)29-51-61(85)77-56(58(84)50(70)36-46-27-19-12-20-28-46)66(90)74-53(31-41(5)6)63(87)79-60(72-48(38-82)34-44-23-15-10-16-24-44)68(92)76-54(32-42(7)8)64(88)80-59(71-47(37-81)33-43-21-13-9-14-22-43)67(91)75-52(30-40(3)4)62(86)78-55(65(89)73-51)57(83)49(69)35-45-25-17-11-18-26-45/h9-28,37-42,47-56,59-60,71-72H,29-36,69-70H2,1-8H3,(H,73,89)(H,74,90)(H,75,91)(H,76,92)(H,77,85)(H,78,86)(H,79,87)(H,80,88)/t47-,48-,49+,50+,51?,52?,53?,54?,55?,56?,59?,60?/m1/s1. The zero-order chi connectivity index (χ0) is 67.6. The summed E-state index contributed by atoms with van der Waals surface area (Å²) in [5.74, 6) is -12.3. The first-order chi connectivity index (χ1) is 43.7. The number of nitrogens with two attached hydrogens (primary N) is 2. The molecule has 0 bridgehead atoms. The Morgan fingerprint density at radius 3 is 0.848 bits per heavy atom. The van der Waals surface area contributed by atoms with E-state index in [9.17, 15) is 57.5 Å². The summed E-state index contributed by atoms with van der Waals surface area (Å²) in [6.07, 6.45) is -3.43. The highest BCUT2D eigenvalue weighted by atomic mass is 16.2. The number of ketones is 2. The Kier molecular flexibility index (Phi) is 29.6. The van der Waals surface area contributed by atoms with Crippen LogP contribution in [0.15, 0.2) is 121 Å². The fourth-order valence-electron chi connectivity index (χ4n) is 10.5. The normalized spacial score (nSPS) is 22.4. The molecule has 1 saturated heterocycles. The minimum Gasteiger partial charge on any atom is -0.342 e. The number of hydrogen-bond donors (Lipinski definition) is 12. The van der Waals surface area contributed by atoms with Gasteiger partial charge in [-0.1, -0.05) is 177 Å². The van der Waals surface area contributed by atoms with Gasteiger partial charge in [0.25, 0.3) is 23.6 Å². The van der Waals surface area contributed by atoms with Crippen molar-refractivity contribution < 1.29 is 57.5 Å². The molecule has 0 spiro atoms. The van der Waals surface area contributed by atoms with Crippen LogP contribution in [0.1, 0.15) is 103 Å². The summed E-state index contributed by atoms with van der Waals surface area (Å²) in [5.41, 5.74) is 15.6. The molecule has 8 amide bonds. The molecule has 12 atom stereocenters. The zero-order valence-electron chi connectivity index (χ0n) is 53.6. The number of carbonyl (C=O) groups is 12. The zero-order valence-corrected chi connectivity index (χ0v) is 53.6. The third kappa shape index (κ3) is 24.1. The Morgan fingerprint density at radius 1 is 0.359 bits per heavy atom. The van der Waals surface area contributed by atoms with E-state index in [0.29, 0.717) is 34.8 Å². The first-order valence-corrected chi connectivity index (χ1v) is 31.3. The van der Waals surface area contributed by atoms with Crippen LogP contribution in [0, 0.1) is 23.7 Å². The van der Waals surface area contributed by atoms with Crippen molar-refractivity contribution in [3.8, 4) is 0 Å². The van der Waals surface area contributed by atoms with Gasteiger partial charge in [-0.05, 0) is 97.3 Å². The second-order valence-corrected chi connectivity index (χ2v) is 25.1. The molecule has 4 aromatic carbocycles. The van der Waals surface area contributed by atoms with Gasteiger partial charge in [0, 0.05) is 0 Å². The maximum Gasteiger partial charge on any atom is 0.258 e. The summed E-state index contributed by atoms with van der Waals surface area (Å²) in [5, 5.41) is 26.4. The molecule has 496 valence electrons. The molecule has 24 nitrogen and oxygen atoms in total. The summed E-state index contributed by atoms with van der Waals surface area (Å²) < 4.78 is 0. The van der Waals surface area contributed by atoms with Crippen molar-refractivity contribution in [3.05, 3.63) is 144 Å². The molecule has 1 aliphatic heterocycles. The summed E-state index contributed by atoms with van der Waals surface area (Å²) in [6, 6.07) is 18.7. The summed E-state index contributed by atoms with van der Waals surface area (Å²) in [6.45, 7) is 13.8. The smallest absolute Gasteiger partial charge is 0.258 e. The molecule has 1 heterocycles. The molecule has 8 unspecified atom stereocenters. The Hall–Kier alpha value is -8.84. The number of carbonyl (C=O) groups excluding carboxylic acids is 12. The van der Waals surface area contributed by atoms with Gasteiger partial charge in [-0.25, -0.2) is 0 Å². The Balaban J connectivity index is 1.71. The Labute approximate surface area is 538 Å². The first-order valence-electron chi connectivity index (χ1n) is 31.3. The number of amides is 8. The van der Waals surface area contributed by atoms with E-state index in [1.807, 2.05) is 0 Å². The third-order valence-electron chi connectivity index (χ3n) is 15.1. The lowest BCUT2D eigenvalue weighted by Gasteiger charge is -2.31. The molecule has 14 N–H and O–H groups in total. The summed E-state index contributed by atoms with van der Waals surface area (Å²) in [7, 11) is 0. The lowest BCUT2D eigenvalue weighted by Crippen LogP contribution is -2.67. The number of nitrogens with one attached hydrogen (secondary N) is 10. The lowest BCUT2D eigenvalue weighted by atomic mass is 9.95. The van der Waals surface area contributed by atoms with Gasteiger partial charge in [0.05, 0.1) is 24.2 Å². The molecular weight excluding hydrogens is 1180 g/mol. The Morgan fingerprint density at radius 2 is 0.598 bits per heavy atom. The minimum absolute atomic E-state index is 0.00890. The summed E-state index contributed by atoms with van der Waals surface area (Å²) in [4.78, 5) is 175. The SMILES string of the molecule is CC(C)CC1NC(=O)C(N[C@@H](C=O)Cc2ccccc2)NC(=O)C(CC(C)C)NC(=O)C(C(=O)[C@@H](N)Cc2ccccc2)NC(=O)C(CC(C)C)NC(=O)C(C(=O)[C@@H](N)Cc2ccccc2)NC(=O)C(CC(C)C)NC(=O)C(N[C@@H](C=O)Cc2ccccc2)NC1=O. The molecule has 0 aromatic heterocycles. The van der Waals surface area contributed by atoms with Crippen molar-refractivity contribution in [3.63, 3.8) is 0 Å². The van der Waals surface area contributed by atoms with Crippen molar-refractivity contribution in [2.24, 2.45) is 35.1 Å². The van der Waals surface area contributed by atoms with Crippen LogP contribution in [0.2, 0.25) is 0 Å². The van der Waals surface area contributed by atoms with Crippen molar-refractivity contribution in [1.29, 1.82) is 0 Å². The van der Waals surface area contributed by atoms with Gasteiger partial charge in [0.1, 0.15) is 36.7 Å². The van der Waals surface area contributed by atoms with Crippen LogP contribution in [-0.4, -0.2) is 144 Å². The molecule has 24 heteroatoms. The van der Waals surface area contributed by atoms with Crippen LogP contribution in [0.3, 0.4) is 0 Å². The van der Waals surface area contributed by atoms with E-state index in [1.165, 1.54) is 0 Å². The molecule has 0 radical (unpaired) electrons. The predicted octanol–water partition coefficient (Wildman–Crippen LogP) is 1.06. The largest absolute Gasteiger partial charge is 0.342 e. The van der Waals surface area contributed by atoms with Crippen LogP contribution >= 0.6 is 0 Å². The second kappa shape index (κ2) is 36.9. The average Bonchev–Trinajstić information content (AvgIpc) is 1.03. The summed E-state index contributed by atoms with van der Waals surface area (Å²) >= 11 is 0. The van der Waals surface area contributed by atoms with E-state index >= 15 is 0 Å². The lowest BCUT2D eigenvalue weighted by molar-refractivity contribution is -0.141. The molecule has 1 fully saturated rings. The minimum atomic E-state index is -2.16. The number of Topliss-reactive ketones (excluding diaryl/α,β-unsaturated/α-hetero) is 2. The van der Waals surface area contributed by atoms with Crippen LogP contribution in [0.4, 0.5) is 0 Å². The highest BCUT2D eigenvalue weighted by molar-refractivity contribution is 6.13. The van der Waals surface area contributed by atoms with E-state index < -0.39 is 137 Å². The van der Waals surface area contributed by atoms with Gasteiger partial charge in [-0.3, -0.25) is 58.6 Å². The first kappa shape index (κ1) is 73.9. The fraction of sp³-hybridized carbons (Fsp3) is 0.471. The second-order valence-electron chi connectivity index (χ2n) is 25.1. The van der Waals surface area contributed by atoms with Crippen molar-refractivity contribution in [1.82, 2.24) is 53.2 Å². The van der Waals surface area contributed by atoms with E-state index in [4.69, 9.17) is 11.5 Å². The molecule has 4 aromatic rings. The van der Waals surface area contributed by atoms with E-state index in [0.717, 1.165) is 0 Å². The van der Waals surface area contributed by atoms with Gasteiger partial charge in [-0.15, -0.1) is 0 Å². The van der Waals surface area contributed by atoms with Gasteiger partial charge in [0.15, 0.2) is 36.0 Å². The predicted molar refractivity (Wildman–Crippen MR) is 346 cm³/mol. The maximum absolute atomic E-state index is 15.0. The average molecular weight is 1270 g/mol. The quantitative estimate of drug-likeness (QED) is 0.0309. The number of aldehydes is 2. The van der Waals surface area contributed by atoms with Crippen molar-refractivity contribution in [2.75, 3.05) is 0 Å². The molecular formula is C68H92N12O12. The number of rotatable bonds is 26. The van der Waals surface area contributed by atoms with E-state index in [2.05, 4.69) is 53.2 Å². The fourth-order valence-corrected chi connectivity index (χ4v) is 10.5. The topological polar surface area (TPSA) is 377 Å². The van der Waals surface area contributed by atoms with Gasteiger partial charge in [0.2, 0.25) is 23.6 Å². The third-order valence-corrected chi connectivity index (χ3v) is 15.1. The van der Waals surface area contributed by atoms with Crippen molar-refractivity contribution >= 4 is 71.4 Å².